The lowest BCUT2D eigenvalue weighted by Gasteiger charge is -2.06. The molecular weight excluding hydrogens is 275 g/mol. The topological polar surface area (TPSA) is 80.9 Å². The monoisotopic (exact) mass is 284 g/mol. The molecule has 0 saturated carbocycles. The van der Waals surface area contributed by atoms with Gasteiger partial charge in [0.15, 0.2) is 5.69 Å². The fourth-order valence-corrected chi connectivity index (χ4v) is 1.98. The first-order valence-corrected chi connectivity index (χ1v) is 6.02. The first-order chi connectivity index (χ1) is 10.2. The minimum Gasteiger partial charge on any atom is -0.476 e. The number of hydrogen-bond acceptors (Lipinski definition) is 4. The van der Waals surface area contributed by atoms with E-state index in [-0.39, 0.29) is 11.4 Å². The maximum absolute atomic E-state index is 13.4. The van der Waals surface area contributed by atoms with Crippen molar-refractivity contribution in [3.8, 4) is 16.9 Å². The highest BCUT2D eigenvalue weighted by Crippen LogP contribution is 2.24. The van der Waals surface area contributed by atoms with Crippen molar-refractivity contribution in [1.29, 1.82) is 0 Å². The summed E-state index contributed by atoms with van der Waals surface area (Å²) in [4.78, 5) is 15.3. The Morgan fingerprint density at radius 1 is 1.24 bits per heavy atom. The molecule has 3 rings (SSSR count). The Bertz CT molecular complexity index is 802. The Morgan fingerprint density at radius 2 is 2.10 bits per heavy atom. The molecule has 2 aromatic heterocycles. The fourth-order valence-electron chi connectivity index (χ4n) is 1.98. The maximum atomic E-state index is 13.4. The van der Waals surface area contributed by atoms with Gasteiger partial charge in [0.1, 0.15) is 11.5 Å². The van der Waals surface area contributed by atoms with Crippen LogP contribution >= 0.6 is 0 Å². The van der Waals surface area contributed by atoms with E-state index in [2.05, 4.69) is 15.3 Å². The van der Waals surface area contributed by atoms with E-state index in [4.69, 9.17) is 0 Å². The van der Waals surface area contributed by atoms with E-state index in [1.54, 1.807) is 24.4 Å². The molecule has 2 heterocycles. The number of benzene rings is 1. The molecule has 0 spiro atoms. The number of carboxylic acid groups (broad SMARTS) is 1. The van der Waals surface area contributed by atoms with Crippen molar-refractivity contribution in [1.82, 2.24) is 20.0 Å². The van der Waals surface area contributed by atoms with Gasteiger partial charge in [0.2, 0.25) is 0 Å². The molecule has 0 fully saturated rings. The van der Waals surface area contributed by atoms with E-state index in [9.17, 15) is 14.3 Å². The first-order valence-electron chi connectivity index (χ1n) is 6.02. The molecule has 0 radical (unpaired) electrons. The highest BCUT2D eigenvalue weighted by molar-refractivity contribution is 5.92. The summed E-state index contributed by atoms with van der Waals surface area (Å²) in [5.74, 6) is -1.66. The average Bonchev–Trinajstić information content (AvgIpc) is 2.93. The average molecular weight is 284 g/mol. The Hall–Kier alpha value is -3.09. The van der Waals surface area contributed by atoms with Crippen LogP contribution < -0.4 is 0 Å². The number of pyridine rings is 1. The van der Waals surface area contributed by atoms with Crippen LogP contribution in [-0.2, 0) is 0 Å². The van der Waals surface area contributed by atoms with Crippen LogP contribution in [0.1, 0.15) is 10.5 Å². The number of hydrogen-bond donors (Lipinski definition) is 1. The second-order valence-corrected chi connectivity index (χ2v) is 4.23. The molecule has 7 heteroatoms. The highest BCUT2D eigenvalue weighted by Gasteiger charge is 2.21. The molecule has 0 saturated heterocycles. The Morgan fingerprint density at radius 3 is 2.76 bits per heavy atom. The third-order valence-corrected chi connectivity index (χ3v) is 2.86. The van der Waals surface area contributed by atoms with Crippen LogP contribution in [0.25, 0.3) is 16.9 Å². The molecule has 3 aromatic rings. The number of aromatic carboxylic acids is 1. The molecule has 21 heavy (non-hydrogen) atoms. The zero-order valence-electron chi connectivity index (χ0n) is 10.6. The van der Waals surface area contributed by atoms with Crippen LogP contribution in [0, 0.1) is 5.82 Å². The van der Waals surface area contributed by atoms with Gasteiger partial charge in [-0.2, -0.15) is 0 Å². The molecule has 0 aliphatic carbocycles. The molecule has 0 atom stereocenters. The summed E-state index contributed by atoms with van der Waals surface area (Å²) in [6.07, 6.45) is 3.07. The summed E-state index contributed by atoms with van der Waals surface area (Å²) in [5, 5.41) is 16.7. The fraction of sp³-hybridized carbons (Fsp3) is 0. The number of aromatic nitrogens is 4. The standard InChI is InChI=1S/C14H9FN4O2/c15-10-4-1-5-11(7-10)19-13(9-3-2-6-16-8-9)12(14(20)21)17-18-19/h1-8H,(H,20,21). The zero-order chi connectivity index (χ0) is 14.8. The lowest BCUT2D eigenvalue weighted by atomic mass is 10.1. The smallest absolute Gasteiger partial charge is 0.358 e. The van der Waals surface area contributed by atoms with Crippen molar-refractivity contribution in [3.63, 3.8) is 0 Å². The van der Waals surface area contributed by atoms with Crippen LogP contribution in [0.3, 0.4) is 0 Å². The van der Waals surface area contributed by atoms with Gasteiger partial charge in [-0.1, -0.05) is 11.3 Å². The normalized spacial score (nSPS) is 10.5. The van der Waals surface area contributed by atoms with Gasteiger partial charge in [-0.05, 0) is 30.3 Å². The van der Waals surface area contributed by atoms with Crippen LogP contribution in [0.15, 0.2) is 48.8 Å². The quantitative estimate of drug-likeness (QED) is 0.797. The summed E-state index contributed by atoms with van der Waals surface area (Å²) < 4.78 is 14.6. The van der Waals surface area contributed by atoms with Crippen LogP contribution in [0.2, 0.25) is 0 Å². The summed E-state index contributed by atoms with van der Waals surface area (Å²) in [7, 11) is 0. The lowest BCUT2D eigenvalue weighted by molar-refractivity contribution is 0.0691. The van der Waals surface area contributed by atoms with Crippen LogP contribution in [0.4, 0.5) is 4.39 Å². The SMILES string of the molecule is O=C(O)c1nnn(-c2cccc(F)c2)c1-c1cccnc1. The largest absolute Gasteiger partial charge is 0.476 e. The number of carboxylic acids is 1. The van der Waals surface area contributed by atoms with E-state index in [1.807, 2.05) is 0 Å². The van der Waals surface area contributed by atoms with Gasteiger partial charge in [0.25, 0.3) is 0 Å². The highest BCUT2D eigenvalue weighted by atomic mass is 19.1. The van der Waals surface area contributed by atoms with Crippen LogP contribution in [0.5, 0.6) is 0 Å². The van der Waals surface area contributed by atoms with E-state index in [1.165, 1.54) is 29.1 Å². The van der Waals surface area contributed by atoms with Gasteiger partial charge in [0.05, 0.1) is 5.69 Å². The Balaban J connectivity index is 2.25. The first kappa shape index (κ1) is 12.9. The van der Waals surface area contributed by atoms with Crippen molar-refractivity contribution >= 4 is 5.97 Å². The summed E-state index contributed by atoms with van der Waals surface area (Å²) in [6.45, 7) is 0. The van der Waals surface area contributed by atoms with Crippen molar-refractivity contribution < 1.29 is 14.3 Å². The van der Waals surface area contributed by atoms with E-state index in [0.29, 0.717) is 11.3 Å². The summed E-state index contributed by atoms with van der Waals surface area (Å²) >= 11 is 0. The van der Waals surface area contributed by atoms with Gasteiger partial charge >= 0.3 is 5.97 Å². The molecule has 0 amide bonds. The Labute approximate surface area is 118 Å². The van der Waals surface area contributed by atoms with Crippen molar-refractivity contribution in [2.75, 3.05) is 0 Å². The van der Waals surface area contributed by atoms with Gasteiger partial charge in [-0.3, -0.25) is 4.98 Å². The predicted molar refractivity (Wildman–Crippen MR) is 71.5 cm³/mol. The minimum absolute atomic E-state index is 0.215. The lowest BCUT2D eigenvalue weighted by Crippen LogP contribution is -2.03. The third-order valence-electron chi connectivity index (χ3n) is 2.86. The van der Waals surface area contributed by atoms with Gasteiger partial charge < -0.3 is 5.11 Å². The number of carbonyl (C=O) groups is 1. The second kappa shape index (κ2) is 5.12. The van der Waals surface area contributed by atoms with E-state index < -0.39 is 11.8 Å². The molecule has 0 aliphatic rings. The molecule has 0 aliphatic heterocycles. The number of rotatable bonds is 3. The minimum atomic E-state index is -1.21. The molecule has 1 aromatic carbocycles. The van der Waals surface area contributed by atoms with Gasteiger partial charge in [-0.15, -0.1) is 5.10 Å². The number of halogens is 1. The Kier molecular flexibility index (Phi) is 3.15. The molecular formula is C14H9FN4O2. The third kappa shape index (κ3) is 2.36. The zero-order valence-corrected chi connectivity index (χ0v) is 10.6. The molecule has 6 nitrogen and oxygen atoms in total. The molecule has 1 N–H and O–H groups in total. The molecule has 104 valence electrons. The molecule has 0 bridgehead atoms. The van der Waals surface area contributed by atoms with Crippen molar-refractivity contribution in [2.45, 2.75) is 0 Å². The van der Waals surface area contributed by atoms with Crippen molar-refractivity contribution in [3.05, 3.63) is 60.3 Å². The van der Waals surface area contributed by atoms with E-state index in [0.717, 1.165) is 0 Å². The van der Waals surface area contributed by atoms with Crippen molar-refractivity contribution in [2.24, 2.45) is 0 Å². The predicted octanol–water partition coefficient (Wildman–Crippen LogP) is 2.17. The summed E-state index contributed by atoms with van der Waals surface area (Å²) in [5.41, 5.74) is 0.950. The molecule has 0 unspecified atom stereocenters. The van der Waals surface area contributed by atoms with Gasteiger partial charge in [-0.25, -0.2) is 13.9 Å². The van der Waals surface area contributed by atoms with Gasteiger partial charge in [0, 0.05) is 18.0 Å². The number of nitrogens with zero attached hydrogens (tertiary/aromatic N) is 4. The summed E-state index contributed by atoms with van der Waals surface area (Å²) in [6, 6.07) is 9.03. The van der Waals surface area contributed by atoms with Crippen LogP contribution in [-0.4, -0.2) is 31.1 Å². The maximum Gasteiger partial charge on any atom is 0.358 e. The van der Waals surface area contributed by atoms with E-state index >= 15 is 0 Å². The second-order valence-electron chi connectivity index (χ2n) is 4.23.